The van der Waals surface area contributed by atoms with Gasteiger partial charge in [-0.2, -0.15) is 0 Å². The molecule has 1 aliphatic rings. The number of nitrogens with zero attached hydrogens (tertiary/aromatic N) is 1. The molecule has 0 spiro atoms. The molecule has 0 bridgehead atoms. The summed E-state index contributed by atoms with van der Waals surface area (Å²) in [6.07, 6.45) is 2.63. The number of amidine groups is 1. The Morgan fingerprint density at radius 3 is 2.83 bits per heavy atom. The van der Waals surface area contributed by atoms with Crippen LogP contribution in [0, 0.1) is 5.41 Å². The molecule has 0 heterocycles. The van der Waals surface area contributed by atoms with E-state index in [0.717, 1.165) is 22.8 Å². The van der Waals surface area contributed by atoms with Gasteiger partial charge in [0.2, 0.25) is 0 Å². The Balaban J connectivity index is 1.86. The first-order valence-corrected chi connectivity index (χ1v) is 6.84. The molecule has 18 heavy (non-hydrogen) atoms. The van der Waals surface area contributed by atoms with Crippen molar-refractivity contribution in [2.45, 2.75) is 18.9 Å². The largest absolute Gasteiger partial charge is 0.491 e. The second kappa shape index (κ2) is 5.71. The molecule has 1 aromatic carbocycles. The average Bonchev–Trinajstić information content (AvgIpc) is 3.14. The molecule has 1 fully saturated rings. The third kappa shape index (κ3) is 3.46. The van der Waals surface area contributed by atoms with Gasteiger partial charge in [-0.25, -0.2) is 0 Å². The Hall–Kier alpha value is -1.07. The molecule has 1 aliphatic carbocycles. The first kappa shape index (κ1) is 13.4. The predicted molar refractivity (Wildman–Crippen MR) is 76.3 cm³/mol. The molecule has 4 nitrogen and oxygen atoms in total. The van der Waals surface area contributed by atoms with Crippen molar-refractivity contribution >= 4 is 21.8 Å². The van der Waals surface area contributed by atoms with E-state index in [4.69, 9.17) is 15.9 Å². The number of hydrogen-bond donors (Lipinski definition) is 2. The van der Waals surface area contributed by atoms with E-state index in [2.05, 4.69) is 27.9 Å². The fourth-order valence-corrected chi connectivity index (χ4v) is 2.28. The van der Waals surface area contributed by atoms with Crippen LogP contribution in [0.25, 0.3) is 0 Å². The molecule has 1 saturated carbocycles. The van der Waals surface area contributed by atoms with Gasteiger partial charge in [-0.05, 0) is 54.0 Å². The first-order chi connectivity index (χ1) is 8.58. The predicted octanol–water partition coefficient (Wildman–Crippen LogP) is 2.21. The summed E-state index contributed by atoms with van der Waals surface area (Å²) in [6, 6.07) is 6.21. The minimum Gasteiger partial charge on any atom is -0.491 e. The van der Waals surface area contributed by atoms with Crippen LogP contribution in [0.2, 0.25) is 0 Å². The topological polar surface area (TPSA) is 62.3 Å². The smallest absolute Gasteiger partial charge is 0.133 e. The van der Waals surface area contributed by atoms with Gasteiger partial charge in [-0.3, -0.25) is 5.41 Å². The van der Waals surface area contributed by atoms with Crippen LogP contribution in [0.4, 0.5) is 0 Å². The number of nitrogens with two attached hydrogens (primary N) is 1. The summed E-state index contributed by atoms with van der Waals surface area (Å²) in [5.41, 5.74) is 6.13. The summed E-state index contributed by atoms with van der Waals surface area (Å²) in [7, 11) is 2.13. The SMILES string of the molecule is CN(CCOc1ccc(C(=N)N)cc1Br)C1CC1. The highest BCUT2D eigenvalue weighted by Crippen LogP contribution is 2.27. The Morgan fingerprint density at radius 2 is 2.28 bits per heavy atom. The molecule has 0 amide bonds. The maximum absolute atomic E-state index is 7.36. The lowest BCUT2D eigenvalue weighted by Crippen LogP contribution is -2.26. The minimum atomic E-state index is 0.0655. The zero-order valence-corrected chi connectivity index (χ0v) is 12.0. The molecule has 1 aromatic rings. The van der Waals surface area contributed by atoms with Crippen molar-refractivity contribution in [1.82, 2.24) is 4.90 Å². The fraction of sp³-hybridized carbons (Fsp3) is 0.462. The third-order valence-corrected chi connectivity index (χ3v) is 3.73. The standard InChI is InChI=1S/C13H18BrN3O/c1-17(10-3-4-10)6-7-18-12-5-2-9(13(15)16)8-11(12)14/h2,5,8,10H,3-4,6-7H2,1H3,(H3,15,16). The molecule has 0 saturated heterocycles. The van der Waals surface area contributed by atoms with E-state index in [-0.39, 0.29) is 5.84 Å². The highest BCUT2D eigenvalue weighted by atomic mass is 79.9. The Morgan fingerprint density at radius 1 is 1.56 bits per heavy atom. The Kier molecular flexibility index (Phi) is 4.24. The monoisotopic (exact) mass is 311 g/mol. The van der Waals surface area contributed by atoms with Crippen LogP contribution in [0.15, 0.2) is 22.7 Å². The normalized spacial score (nSPS) is 14.8. The van der Waals surface area contributed by atoms with Crippen molar-refractivity contribution < 1.29 is 4.74 Å². The number of rotatable bonds is 6. The van der Waals surface area contributed by atoms with Gasteiger partial charge >= 0.3 is 0 Å². The van der Waals surface area contributed by atoms with Crippen LogP contribution in [0.3, 0.4) is 0 Å². The summed E-state index contributed by atoms with van der Waals surface area (Å²) in [6.45, 7) is 1.61. The second-order valence-corrected chi connectivity index (χ2v) is 5.47. The number of nitrogens with one attached hydrogen (secondary N) is 1. The molecule has 2 rings (SSSR count). The number of hydrogen-bond acceptors (Lipinski definition) is 3. The van der Waals surface area contributed by atoms with Gasteiger partial charge in [0.05, 0.1) is 4.47 Å². The maximum Gasteiger partial charge on any atom is 0.133 e. The molecule has 0 aliphatic heterocycles. The van der Waals surface area contributed by atoms with E-state index in [0.29, 0.717) is 12.2 Å². The van der Waals surface area contributed by atoms with Crippen molar-refractivity contribution in [3.05, 3.63) is 28.2 Å². The van der Waals surface area contributed by atoms with Gasteiger partial charge in [0.25, 0.3) is 0 Å². The number of ether oxygens (including phenoxy) is 1. The van der Waals surface area contributed by atoms with E-state index < -0.39 is 0 Å². The molecule has 3 N–H and O–H groups in total. The Labute approximate surface area is 116 Å². The van der Waals surface area contributed by atoms with Gasteiger partial charge in [0, 0.05) is 18.2 Å². The van der Waals surface area contributed by atoms with Crippen LogP contribution in [-0.2, 0) is 0 Å². The van der Waals surface area contributed by atoms with E-state index in [1.54, 1.807) is 6.07 Å². The summed E-state index contributed by atoms with van der Waals surface area (Å²) < 4.78 is 6.56. The van der Waals surface area contributed by atoms with Gasteiger partial charge < -0.3 is 15.4 Å². The van der Waals surface area contributed by atoms with Crippen molar-refractivity contribution in [2.24, 2.45) is 5.73 Å². The molecule has 98 valence electrons. The summed E-state index contributed by atoms with van der Waals surface area (Å²) in [4.78, 5) is 2.33. The van der Waals surface area contributed by atoms with Crippen molar-refractivity contribution in [1.29, 1.82) is 5.41 Å². The summed E-state index contributed by atoms with van der Waals surface area (Å²) >= 11 is 3.43. The number of likely N-dealkylation sites (N-methyl/N-ethyl adjacent to an activating group) is 1. The van der Waals surface area contributed by atoms with Crippen LogP contribution >= 0.6 is 15.9 Å². The van der Waals surface area contributed by atoms with Gasteiger partial charge in [-0.1, -0.05) is 0 Å². The lowest BCUT2D eigenvalue weighted by molar-refractivity contribution is 0.231. The molecule has 0 atom stereocenters. The van der Waals surface area contributed by atoms with Crippen LogP contribution in [0.1, 0.15) is 18.4 Å². The second-order valence-electron chi connectivity index (χ2n) is 4.62. The summed E-state index contributed by atoms with van der Waals surface area (Å²) in [5.74, 6) is 0.861. The molecule has 0 radical (unpaired) electrons. The third-order valence-electron chi connectivity index (χ3n) is 3.11. The fourth-order valence-electron chi connectivity index (χ4n) is 1.78. The average molecular weight is 312 g/mol. The molecule has 0 unspecified atom stereocenters. The van der Waals surface area contributed by atoms with Gasteiger partial charge in [0.15, 0.2) is 0 Å². The van der Waals surface area contributed by atoms with Crippen molar-refractivity contribution in [3.8, 4) is 5.75 Å². The first-order valence-electron chi connectivity index (χ1n) is 6.05. The van der Waals surface area contributed by atoms with Crippen LogP contribution < -0.4 is 10.5 Å². The van der Waals surface area contributed by atoms with Gasteiger partial charge in [0.1, 0.15) is 18.2 Å². The quantitative estimate of drug-likeness (QED) is 0.625. The lowest BCUT2D eigenvalue weighted by Gasteiger charge is -2.16. The van der Waals surface area contributed by atoms with E-state index in [1.807, 2.05) is 12.1 Å². The summed E-state index contributed by atoms with van der Waals surface area (Å²) in [5, 5.41) is 7.36. The van der Waals surface area contributed by atoms with Crippen LogP contribution in [0.5, 0.6) is 5.75 Å². The van der Waals surface area contributed by atoms with Gasteiger partial charge in [-0.15, -0.1) is 0 Å². The van der Waals surface area contributed by atoms with Crippen LogP contribution in [-0.4, -0.2) is 37.0 Å². The van der Waals surface area contributed by atoms with Crippen molar-refractivity contribution in [2.75, 3.05) is 20.2 Å². The lowest BCUT2D eigenvalue weighted by atomic mass is 10.2. The molecular weight excluding hydrogens is 294 g/mol. The number of nitrogen functional groups attached to an aromatic ring is 1. The van der Waals surface area contributed by atoms with E-state index >= 15 is 0 Å². The highest BCUT2D eigenvalue weighted by molar-refractivity contribution is 9.10. The Bertz CT molecular complexity index is 446. The highest BCUT2D eigenvalue weighted by Gasteiger charge is 2.25. The molecule has 0 aromatic heterocycles. The zero-order chi connectivity index (χ0) is 13.1. The minimum absolute atomic E-state index is 0.0655. The van der Waals surface area contributed by atoms with E-state index in [9.17, 15) is 0 Å². The number of halogens is 1. The number of benzene rings is 1. The van der Waals surface area contributed by atoms with E-state index in [1.165, 1.54) is 12.8 Å². The van der Waals surface area contributed by atoms with Crippen molar-refractivity contribution in [3.63, 3.8) is 0 Å². The molecule has 5 heteroatoms. The molecular formula is C13H18BrN3O. The maximum atomic E-state index is 7.36. The zero-order valence-electron chi connectivity index (χ0n) is 10.4.